The number of rotatable bonds is 5. The van der Waals surface area contributed by atoms with Crippen molar-refractivity contribution >= 4 is 5.97 Å². The molecule has 3 nitrogen and oxygen atoms in total. The highest BCUT2D eigenvalue weighted by Crippen LogP contribution is 2.21. The van der Waals surface area contributed by atoms with Gasteiger partial charge in [-0.2, -0.15) is 0 Å². The van der Waals surface area contributed by atoms with Gasteiger partial charge in [-0.1, -0.05) is 51.1 Å². The molecule has 0 saturated heterocycles. The molecule has 0 bridgehead atoms. The van der Waals surface area contributed by atoms with Crippen molar-refractivity contribution in [2.24, 2.45) is 5.41 Å². The van der Waals surface area contributed by atoms with Crippen LogP contribution < -0.4 is 5.32 Å². The van der Waals surface area contributed by atoms with Gasteiger partial charge >= 0.3 is 5.97 Å². The van der Waals surface area contributed by atoms with E-state index in [1.54, 1.807) is 0 Å². The molecule has 0 aliphatic carbocycles. The van der Waals surface area contributed by atoms with Crippen molar-refractivity contribution in [1.29, 1.82) is 0 Å². The summed E-state index contributed by atoms with van der Waals surface area (Å²) in [7, 11) is 1.43. The second-order valence-electron chi connectivity index (χ2n) is 5.71. The van der Waals surface area contributed by atoms with Gasteiger partial charge in [0.1, 0.15) is 6.04 Å². The number of carbonyl (C=O) groups is 1. The van der Waals surface area contributed by atoms with E-state index in [2.05, 4.69) is 26.1 Å². The maximum atomic E-state index is 11.7. The van der Waals surface area contributed by atoms with E-state index in [9.17, 15) is 4.79 Å². The standard InChI is InChI=1S/C15H23NO2/c1-15(2,3)10-13(14(17)18-4)16-11-12-8-6-5-7-9-12/h5-9,13,16H,10-11H2,1-4H3/t13-/m0/s1. The van der Waals surface area contributed by atoms with Crippen LogP contribution in [0, 0.1) is 5.41 Å². The first kappa shape index (κ1) is 14.7. The molecule has 1 N–H and O–H groups in total. The minimum atomic E-state index is -0.254. The fourth-order valence-electron chi connectivity index (χ4n) is 1.83. The normalized spacial score (nSPS) is 13.1. The number of nitrogens with one attached hydrogen (secondary N) is 1. The van der Waals surface area contributed by atoms with Crippen LogP contribution in [0.15, 0.2) is 30.3 Å². The van der Waals surface area contributed by atoms with Gasteiger partial charge in [-0.15, -0.1) is 0 Å². The van der Waals surface area contributed by atoms with Crippen LogP contribution in [-0.4, -0.2) is 19.1 Å². The van der Waals surface area contributed by atoms with Gasteiger partial charge < -0.3 is 10.1 Å². The summed E-state index contributed by atoms with van der Waals surface area (Å²) in [5.74, 6) is -0.194. The highest BCUT2D eigenvalue weighted by Gasteiger charge is 2.24. The molecule has 100 valence electrons. The zero-order valence-electron chi connectivity index (χ0n) is 11.7. The molecular weight excluding hydrogens is 226 g/mol. The molecule has 18 heavy (non-hydrogen) atoms. The Morgan fingerprint density at radius 2 is 1.89 bits per heavy atom. The Morgan fingerprint density at radius 3 is 2.39 bits per heavy atom. The predicted molar refractivity (Wildman–Crippen MR) is 73.2 cm³/mol. The molecule has 0 heterocycles. The summed E-state index contributed by atoms with van der Waals surface area (Å²) in [5.41, 5.74) is 1.25. The maximum Gasteiger partial charge on any atom is 0.322 e. The van der Waals surface area contributed by atoms with E-state index in [0.717, 1.165) is 6.42 Å². The zero-order chi connectivity index (χ0) is 13.6. The number of carbonyl (C=O) groups excluding carboxylic acids is 1. The molecule has 0 unspecified atom stereocenters. The number of ether oxygens (including phenoxy) is 1. The maximum absolute atomic E-state index is 11.7. The number of benzene rings is 1. The molecule has 0 fully saturated rings. The minimum Gasteiger partial charge on any atom is -0.468 e. The fraction of sp³-hybridized carbons (Fsp3) is 0.533. The highest BCUT2D eigenvalue weighted by atomic mass is 16.5. The van der Waals surface area contributed by atoms with Crippen LogP contribution in [0.2, 0.25) is 0 Å². The van der Waals surface area contributed by atoms with Crippen LogP contribution >= 0.6 is 0 Å². The van der Waals surface area contributed by atoms with Crippen molar-refractivity contribution in [2.75, 3.05) is 7.11 Å². The largest absolute Gasteiger partial charge is 0.468 e. The molecule has 0 amide bonds. The summed E-state index contributed by atoms with van der Waals surface area (Å²) in [6.45, 7) is 7.03. The second kappa shape index (κ2) is 6.55. The first-order valence-corrected chi connectivity index (χ1v) is 6.27. The third-order valence-corrected chi connectivity index (χ3v) is 2.70. The molecule has 3 heteroatoms. The summed E-state index contributed by atoms with van der Waals surface area (Å²) in [4.78, 5) is 11.7. The topological polar surface area (TPSA) is 38.3 Å². The van der Waals surface area contributed by atoms with E-state index in [1.807, 2.05) is 30.3 Å². The van der Waals surface area contributed by atoms with E-state index in [-0.39, 0.29) is 17.4 Å². The van der Waals surface area contributed by atoms with Crippen molar-refractivity contribution < 1.29 is 9.53 Å². The average molecular weight is 249 g/mol. The molecule has 0 radical (unpaired) electrons. The molecule has 0 saturated carbocycles. The lowest BCUT2D eigenvalue weighted by molar-refractivity contribution is -0.144. The molecule has 0 aromatic heterocycles. The SMILES string of the molecule is COC(=O)[C@H](CC(C)(C)C)NCc1ccccc1. The molecule has 1 rings (SSSR count). The van der Waals surface area contributed by atoms with Crippen molar-refractivity contribution in [3.8, 4) is 0 Å². The smallest absolute Gasteiger partial charge is 0.322 e. The first-order chi connectivity index (χ1) is 8.42. The first-order valence-electron chi connectivity index (χ1n) is 6.27. The van der Waals surface area contributed by atoms with E-state index < -0.39 is 0 Å². The Labute approximate surface area is 110 Å². The van der Waals surface area contributed by atoms with Crippen LogP contribution in [0.3, 0.4) is 0 Å². The van der Waals surface area contributed by atoms with Gasteiger partial charge in [0, 0.05) is 6.54 Å². The average Bonchev–Trinajstić information content (AvgIpc) is 2.33. The van der Waals surface area contributed by atoms with Crippen LogP contribution in [0.25, 0.3) is 0 Å². The summed E-state index contributed by atoms with van der Waals surface area (Å²) >= 11 is 0. The number of hydrogen-bond acceptors (Lipinski definition) is 3. The lowest BCUT2D eigenvalue weighted by Crippen LogP contribution is -2.40. The van der Waals surface area contributed by atoms with Gasteiger partial charge in [0.25, 0.3) is 0 Å². The lowest BCUT2D eigenvalue weighted by Gasteiger charge is -2.25. The van der Waals surface area contributed by atoms with Crippen LogP contribution in [-0.2, 0) is 16.1 Å². The Hall–Kier alpha value is -1.35. The van der Waals surface area contributed by atoms with Crippen LogP contribution in [0.4, 0.5) is 0 Å². The van der Waals surface area contributed by atoms with Crippen molar-refractivity contribution in [2.45, 2.75) is 39.8 Å². The van der Waals surface area contributed by atoms with Crippen molar-refractivity contribution in [1.82, 2.24) is 5.32 Å². The van der Waals surface area contributed by atoms with E-state index in [1.165, 1.54) is 12.7 Å². The van der Waals surface area contributed by atoms with Gasteiger partial charge in [-0.25, -0.2) is 0 Å². The van der Waals surface area contributed by atoms with Gasteiger partial charge in [-0.3, -0.25) is 4.79 Å². The van der Waals surface area contributed by atoms with Gasteiger partial charge in [0.2, 0.25) is 0 Å². The zero-order valence-corrected chi connectivity index (χ0v) is 11.7. The van der Waals surface area contributed by atoms with Crippen molar-refractivity contribution in [3.05, 3.63) is 35.9 Å². The Kier molecular flexibility index (Phi) is 5.35. The quantitative estimate of drug-likeness (QED) is 0.815. The molecule has 1 aromatic rings. The van der Waals surface area contributed by atoms with Crippen LogP contribution in [0.5, 0.6) is 0 Å². The summed E-state index contributed by atoms with van der Waals surface area (Å²) in [6.07, 6.45) is 0.756. The Morgan fingerprint density at radius 1 is 1.28 bits per heavy atom. The Balaban J connectivity index is 2.59. The summed E-state index contributed by atoms with van der Waals surface area (Å²) < 4.78 is 4.85. The van der Waals surface area contributed by atoms with Gasteiger partial charge in [0.05, 0.1) is 7.11 Å². The van der Waals surface area contributed by atoms with Gasteiger partial charge in [0.15, 0.2) is 0 Å². The molecule has 1 aromatic carbocycles. The number of hydrogen-bond donors (Lipinski definition) is 1. The number of esters is 1. The van der Waals surface area contributed by atoms with E-state index in [0.29, 0.717) is 6.54 Å². The van der Waals surface area contributed by atoms with Gasteiger partial charge in [-0.05, 0) is 17.4 Å². The molecule has 0 spiro atoms. The predicted octanol–water partition coefficient (Wildman–Crippen LogP) is 2.75. The van der Waals surface area contributed by atoms with Crippen molar-refractivity contribution in [3.63, 3.8) is 0 Å². The molecule has 1 atom stereocenters. The lowest BCUT2D eigenvalue weighted by atomic mass is 9.88. The third kappa shape index (κ3) is 5.32. The Bertz CT molecular complexity index is 368. The third-order valence-electron chi connectivity index (χ3n) is 2.70. The summed E-state index contributed by atoms with van der Waals surface area (Å²) in [6, 6.07) is 9.80. The highest BCUT2D eigenvalue weighted by molar-refractivity contribution is 5.75. The van der Waals surface area contributed by atoms with Crippen LogP contribution in [0.1, 0.15) is 32.8 Å². The van der Waals surface area contributed by atoms with E-state index in [4.69, 9.17) is 4.74 Å². The monoisotopic (exact) mass is 249 g/mol. The fourth-order valence-corrected chi connectivity index (χ4v) is 1.83. The number of methoxy groups -OCH3 is 1. The molecular formula is C15H23NO2. The second-order valence-corrected chi connectivity index (χ2v) is 5.71. The summed E-state index contributed by atoms with van der Waals surface area (Å²) in [5, 5.41) is 3.27. The minimum absolute atomic E-state index is 0.0859. The molecule has 0 aliphatic rings. The molecule has 0 aliphatic heterocycles. The van der Waals surface area contributed by atoms with E-state index >= 15 is 0 Å².